The zero-order valence-electron chi connectivity index (χ0n) is 14.5. The maximum atomic E-state index is 13.1. The number of hydrogen-bond acceptors (Lipinski definition) is 3. The van der Waals surface area contributed by atoms with Crippen LogP contribution in [0, 0.1) is 3.57 Å². The molecule has 1 atom stereocenters. The average molecular weight is 543 g/mol. The Balaban J connectivity index is 1.96. The van der Waals surface area contributed by atoms with E-state index in [2.05, 4.69) is 28.0 Å². The van der Waals surface area contributed by atoms with Crippen molar-refractivity contribution in [3.8, 4) is 0 Å². The molecule has 150 valence electrons. The Labute approximate surface area is 179 Å². The van der Waals surface area contributed by atoms with Crippen LogP contribution in [0.5, 0.6) is 0 Å². The average Bonchev–Trinajstić information content (AvgIpc) is 2.62. The standard InChI is InChI=1S/C18H15ClF3IN2O2S/c1-11-2-9-17(12-3-8-16(19)15(10-12)18(20,21)22)24-25(11)28(26,27)14-6-4-13(23)5-7-14/h3-11,24H,2H2,1H3. The number of nitrogens with zero attached hydrogens (tertiary/aromatic N) is 1. The highest BCUT2D eigenvalue weighted by molar-refractivity contribution is 14.1. The van der Waals surface area contributed by atoms with Gasteiger partial charge in [-0.15, -0.1) is 4.41 Å². The fourth-order valence-electron chi connectivity index (χ4n) is 2.77. The second kappa shape index (κ2) is 7.85. The lowest BCUT2D eigenvalue weighted by atomic mass is 10.0. The Morgan fingerprint density at radius 2 is 1.82 bits per heavy atom. The number of alkyl halides is 3. The van der Waals surface area contributed by atoms with Crippen LogP contribution in [-0.2, 0) is 16.2 Å². The molecular formula is C18H15ClF3IN2O2S. The first-order chi connectivity index (χ1) is 13.0. The molecule has 0 bridgehead atoms. The number of halogens is 5. The number of sulfonamides is 1. The van der Waals surface area contributed by atoms with Gasteiger partial charge in [0.1, 0.15) is 0 Å². The lowest BCUT2D eigenvalue weighted by molar-refractivity contribution is -0.137. The van der Waals surface area contributed by atoms with Gasteiger partial charge in [-0.25, -0.2) is 8.42 Å². The first-order valence-electron chi connectivity index (χ1n) is 8.14. The third kappa shape index (κ3) is 4.32. The van der Waals surface area contributed by atoms with Gasteiger partial charge < -0.3 is 5.43 Å². The molecule has 0 aromatic heterocycles. The first-order valence-corrected chi connectivity index (χ1v) is 11.0. The van der Waals surface area contributed by atoms with Crippen molar-refractivity contribution in [1.29, 1.82) is 0 Å². The molecule has 2 aromatic carbocycles. The molecular weight excluding hydrogens is 528 g/mol. The maximum Gasteiger partial charge on any atom is 0.417 e. The predicted octanol–water partition coefficient (Wildman–Crippen LogP) is 5.29. The van der Waals surface area contributed by atoms with Crippen molar-refractivity contribution >= 4 is 49.9 Å². The van der Waals surface area contributed by atoms with Gasteiger partial charge in [0.25, 0.3) is 10.0 Å². The van der Waals surface area contributed by atoms with Crippen LogP contribution in [0.4, 0.5) is 13.2 Å². The summed E-state index contributed by atoms with van der Waals surface area (Å²) in [5.41, 5.74) is 2.27. The highest BCUT2D eigenvalue weighted by atomic mass is 127. The van der Waals surface area contributed by atoms with Gasteiger partial charge in [-0.05, 0) is 77.9 Å². The van der Waals surface area contributed by atoms with Crippen molar-refractivity contribution in [2.45, 2.75) is 30.5 Å². The second-order valence-corrected chi connectivity index (χ2v) is 9.73. The van der Waals surface area contributed by atoms with Gasteiger partial charge in [0.15, 0.2) is 0 Å². The Bertz CT molecular complexity index is 1020. The molecule has 3 rings (SSSR count). The highest BCUT2D eigenvalue weighted by Gasteiger charge is 2.35. The first kappa shape index (κ1) is 21.4. The minimum atomic E-state index is -4.61. The molecule has 2 aromatic rings. The van der Waals surface area contributed by atoms with Crippen molar-refractivity contribution in [3.63, 3.8) is 0 Å². The molecule has 0 amide bonds. The summed E-state index contributed by atoms with van der Waals surface area (Å²) in [6, 6.07) is 9.40. The molecule has 0 fully saturated rings. The SMILES string of the molecule is CC1CC=C(c2ccc(Cl)c(C(F)(F)F)c2)NN1S(=O)(=O)c1ccc(I)cc1. The van der Waals surface area contributed by atoms with Gasteiger partial charge >= 0.3 is 6.18 Å². The zero-order valence-corrected chi connectivity index (χ0v) is 18.2. The van der Waals surface area contributed by atoms with Crippen LogP contribution in [0.3, 0.4) is 0 Å². The summed E-state index contributed by atoms with van der Waals surface area (Å²) in [6.07, 6.45) is -2.59. The van der Waals surface area contributed by atoms with Crippen LogP contribution >= 0.6 is 34.2 Å². The zero-order chi connectivity index (χ0) is 20.7. The van der Waals surface area contributed by atoms with Crippen LogP contribution < -0.4 is 5.43 Å². The van der Waals surface area contributed by atoms with Gasteiger partial charge in [0, 0.05) is 9.61 Å². The number of benzene rings is 2. The molecule has 1 heterocycles. The maximum absolute atomic E-state index is 13.1. The molecule has 1 aliphatic heterocycles. The molecule has 28 heavy (non-hydrogen) atoms. The monoisotopic (exact) mass is 542 g/mol. The summed E-state index contributed by atoms with van der Waals surface area (Å²) in [5, 5.41) is -0.413. The van der Waals surface area contributed by atoms with E-state index in [1.165, 1.54) is 18.2 Å². The normalized spacial score (nSPS) is 18.5. The fourth-order valence-corrected chi connectivity index (χ4v) is 4.84. The lowest BCUT2D eigenvalue weighted by Crippen LogP contribution is -2.49. The molecule has 0 aliphatic carbocycles. The quantitative estimate of drug-likeness (QED) is 0.536. The van der Waals surface area contributed by atoms with E-state index in [1.54, 1.807) is 25.1 Å². The smallest absolute Gasteiger partial charge is 0.305 e. The molecule has 0 spiro atoms. The van der Waals surface area contributed by atoms with Gasteiger partial charge in [-0.3, -0.25) is 0 Å². The van der Waals surface area contributed by atoms with Gasteiger partial charge in [-0.1, -0.05) is 23.7 Å². The second-order valence-electron chi connectivity index (χ2n) is 6.26. The number of hydrazine groups is 1. The van der Waals surface area contributed by atoms with E-state index in [1.807, 2.05) is 0 Å². The van der Waals surface area contributed by atoms with Crippen molar-refractivity contribution in [2.24, 2.45) is 0 Å². The Hall–Kier alpha value is -1.30. The summed E-state index contributed by atoms with van der Waals surface area (Å²) in [4.78, 5) is 0.0978. The van der Waals surface area contributed by atoms with E-state index in [0.717, 1.165) is 20.1 Å². The highest BCUT2D eigenvalue weighted by Crippen LogP contribution is 2.36. The molecule has 10 heteroatoms. The van der Waals surface area contributed by atoms with Crippen molar-refractivity contribution in [1.82, 2.24) is 9.84 Å². The van der Waals surface area contributed by atoms with Crippen LogP contribution in [0.25, 0.3) is 5.70 Å². The van der Waals surface area contributed by atoms with Crippen LogP contribution in [0.15, 0.2) is 53.4 Å². The van der Waals surface area contributed by atoms with Crippen molar-refractivity contribution in [3.05, 3.63) is 68.3 Å². The van der Waals surface area contributed by atoms with Crippen LogP contribution in [0.2, 0.25) is 5.02 Å². The van der Waals surface area contributed by atoms with Crippen LogP contribution in [0.1, 0.15) is 24.5 Å². The minimum Gasteiger partial charge on any atom is -0.305 e. The third-order valence-electron chi connectivity index (χ3n) is 4.25. The summed E-state index contributed by atoms with van der Waals surface area (Å²) >= 11 is 7.74. The predicted molar refractivity (Wildman–Crippen MR) is 110 cm³/mol. The molecule has 0 saturated heterocycles. The minimum absolute atomic E-state index is 0.0978. The van der Waals surface area contributed by atoms with Crippen molar-refractivity contribution in [2.75, 3.05) is 0 Å². The topological polar surface area (TPSA) is 49.4 Å². The number of rotatable bonds is 3. The molecule has 4 nitrogen and oxygen atoms in total. The largest absolute Gasteiger partial charge is 0.417 e. The van der Waals surface area contributed by atoms with Gasteiger partial charge in [-0.2, -0.15) is 13.2 Å². The van der Waals surface area contributed by atoms with E-state index in [-0.39, 0.29) is 16.2 Å². The molecule has 1 unspecified atom stereocenters. The number of nitrogens with one attached hydrogen (secondary N) is 1. The van der Waals surface area contributed by atoms with Crippen molar-refractivity contribution < 1.29 is 21.6 Å². The summed E-state index contributed by atoms with van der Waals surface area (Å²) in [7, 11) is -3.89. The summed E-state index contributed by atoms with van der Waals surface area (Å²) in [6.45, 7) is 1.72. The van der Waals surface area contributed by atoms with E-state index in [9.17, 15) is 21.6 Å². The van der Waals surface area contributed by atoms with E-state index >= 15 is 0 Å². The van der Waals surface area contributed by atoms with E-state index < -0.39 is 32.8 Å². The Kier molecular flexibility index (Phi) is 6.00. The third-order valence-corrected chi connectivity index (χ3v) is 7.13. The lowest BCUT2D eigenvalue weighted by Gasteiger charge is -2.34. The summed E-state index contributed by atoms with van der Waals surface area (Å²) < 4.78 is 67.4. The molecule has 1 N–H and O–H groups in total. The number of hydrogen-bond donors (Lipinski definition) is 1. The van der Waals surface area contributed by atoms with Gasteiger partial charge in [0.05, 0.1) is 21.2 Å². The fraction of sp³-hybridized carbons (Fsp3) is 0.222. The van der Waals surface area contributed by atoms with Crippen LogP contribution in [-0.4, -0.2) is 18.9 Å². The van der Waals surface area contributed by atoms with E-state index in [0.29, 0.717) is 6.42 Å². The van der Waals surface area contributed by atoms with E-state index in [4.69, 9.17) is 11.6 Å². The molecule has 0 saturated carbocycles. The molecule has 1 aliphatic rings. The molecule has 0 radical (unpaired) electrons. The van der Waals surface area contributed by atoms with Gasteiger partial charge in [0.2, 0.25) is 0 Å². The summed E-state index contributed by atoms with van der Waals surface area (Å²) in [5.74, 6) is 0. The Morgan fingerprint density at radius 1 is 1.18 bits per heavy atom. The Morgan fingerprint density at radius 3 is 2.43 bits per heavy atom.